The molecule has 6 nitrogen and oxygen atoms in total. The number of hydrogen-bond donors (Lipinski definition) is 2. The number of rotatable bonds is 2. The van der Waals surface area contributed by atoms with Crippen molar-refractivity contribution in [1.82, 2.24) is 9.78 Å². The van der Waals surface area contributed by atoms with Gasteiger partial charge in [-0.2, -0.15) is 5.10 Å². The average Bonchev–Trinajstić information content (AvgIpc) is 2.68. The molecular weight excluding hydrogens is 232 g/mol. The number of nitrogens with zero attached hydrogens (tertiary/aromatic N) is 3. The second kappa shape index (κ2) is 4.40. The lowest BCUT2D eigenvalue weighted by Crippen LogP contribution is -2.28. The molecule has 0 aliphatic carbocycles. The minimum atomic E-state index is -0.252. The van der Waals surface area contributed by atoms with Gasteiger partial charge in [-0.05, 0) is 24.3 Å². The number of nitrogen functional groups attached to an aromatic ring is 1. The molecule has 2 aromatic rings. The number of aromatic nitrogens is 2. The van der Waals surface area contributed by atoms with Gasteiger partial charge in [0.05, 0.1) is 11.9 Å². The largest absolute Gasteiger partial charge is 0.508 e. The lowest BCUT2D eigenvalue weighted by Gasteiger charge is -2.17. The zero-order valence-corrected chi connectivity index (χ0v) is 10.2. The van der Waals surface area contributed by atoms with Crippen molar-refractivity contribution in [3.8, 4) is 5.75 Å². The monoisotopic (exact) mass is 246 g/mol. The van der Waals surface area contributed by atoms with Crippen molar-refractivity contribution >= 4 is 17.3 Å². The first-order valence-corrected chi connectivity index (χ1v) is 5.35. The molecule has 1 amide bonds. The zero-order chi connectivity index (χ0) is 13.3. The Labute approximate surface area is 104 Å². The smallest absolute Gasteiger partial charge is 0.278 e. The number of carbonyl (C=O) groups is 1. The Kier molecular flexibility index (Phi) is 2.93. The molecule has 0 unspecified atom stereocenters. The Balaban J connectivity index is 2.32. The van der Waals surface area contributed by atoms with E-state index >= 15 is 0 Å². The third kappa shape index (κ3) is 2.00. The third-order valence-electron chi connectivity index (χ3n) is 2.71. The number of hydrogen-bond acceptors (Lipinski definition) is 4. The highest BCUT2D eigenvalue weighted by Gasteiger charge is 2.20. The second-order valence-electron chi connectivity index (χ2n) is 3.95. The van der Waals surface area contributed by atoms with Crippen molar-refractivity contribution < 1.29 is 9.90 Å². The van der Waals surface area contributed by atoms with Crippen LogP contribution in [0, 0.1) is 0 Å². The number of carbonyl (C=O) groups excluding carboxylic acids is 1. The van der Waals surface area contributed by atoms with Crippen molar-refractivity contribution in [3.63, 3.8) is 0 Å². The molecule has 0 aliphatic heterocycles. The van der Waals surface area contributed by atoms with E-state index in [9.17, 15) is 9.90 Å². The summed E-state index contributed by atoms with van der Waals surface area (Å²) in [6.07, 6.45) is 1.44. The van der Waals surface area contributed by atoms with Gasteiger partial charge >= 0.3 is 0 Å². The van der Waals surface area contributed by atoms with Gasteiger partial charge < -0.3 is 15.7 Å². The van der Waals surface area contributed by atoms with Gasteiger partial charge in [-0.3, -0.25) is 9.48 Å². The summed E-state index contributed by atoms with van der Waals surface area (Å²) in [6, 6.07) is 6.34. The van der Waals surface area contributed by atoms with Crippen LogP contribution in [0.2, 0.25) is 0 Å². The first-order chi connectivity index (χ1) is 8.50. The maximum Gasteiger partial charge on any atom is 0.278 e. The Morgan fingerprint density at radius 3 is 2.50 bits per heavy atom. The van der Waals surface area contributed by atoms with Crippen molar-refractivity contribution in [2.24, 2.45) is 7.05 Å². The van der Waals surface area contributed by atoms with E-state index in [0.717, 1.165) is 0 Å². The molecule has 0 atom stereocenters. The molecule has 1 aromatic carbocycles. The molecule has 0 bridgehead atoms. The standard InChI is InChI=1S/C12H14N4O2/c1-15(8-3-5-9(17)6-4-8)12(18)11-10(13)7-14-16(11)2/h3-7,17H,13H2,1-2H3. The van der Waals surface area contributed by atoms with Crippen LogP contribution < -0.4 is 10.6 Å². The summed E-state index contributed by atoms with van der Waals surface area (Å²) >= 11 is 0. The van der Waals surface area contributed by atoms with Crippen LogP contribution >= 0.6 is 0 Å². The van der Waals surface area contributed by atoms with Crippen LogP contribution in [0.3, 0.4) is 0 Å². The van der Waals surface area contributed by atoms with Crippen LogP contribution in [0.5, 0.6) is 5.75 Å². The summed E-state index contributed by atoms with van der Waals surface area (Å²) in [7, 11) is 3.30. The summed E-state index contributed by atoms with van der Waals surface area (Å²) in [4.78, 5) is 13.7. The number of nitrogens with two attached hydrogens (primary N) is 1. The highest BCUT2D eigenvalue weighted by atomic mass is 16.3. The zero-order valence-electron chi connectivity index (χ0n) is 10.2. The molecule has 94 valence electrons. The molecule has 0 saturated heterocycles. The SMILES string of the molecule is CN(C(=O)c1c(N)cnn1C)c1ccc(O)cc1. The molecule has 0 saturated carbocycles. The van der Waals surface area contributed by atoms with Crippen LogP contribution in [0.4, 0.5) is 11.4 Å². The molecule has 1 heterocycles. The van der Waals surface area contributed by atoms with Gasteiger partial charge in [-0.1, -0.05) is 0 Å². The Hall–Kier alpha value is -2.50. The lowest BCUT2D eigenvalue weighted by molar-refractivity contribution is 0.0985. The molecule has 0 radical (unpaired) electrons. The molecule has 2 rings (SSSR count). The van der Waals surface area contributed by atoms with Gasteiger partial charge in [-0.15, -0.1) is 0 Å². The predicted molar refractivity (Wildman–Crippen MR) is 68.5 cm³/mol. The Bertz CT molecular complexity index is 555. The van der Waals surface area contributed by atoms with Gasteiger partial charge in [0, 0.05) is 19.8 Å². The minimum Gasteiger partial charge on any atom is -0.508 e. The number of phenols is 1. The fourth-order valence-corrected chi connectivity index (χ4v) is 1.67. The van der Waals surface area contributed by atoms with E-state index in [-0.39, 0.29) is 11.7 Å². The number of phenolic OH excluding ortho intramolecular Hbond substituents is 1. The first-order valence-electron chi connectivity index (χ1n) is 5.35. The predicted octanol–water partition coefficient (Wildman–Crippen LogP) is 0.984. The van der Waals surface area contributed by atoms with Gasteiger partial charge in [0.2, 0.25) is 0 Å². The third-order valence-corrected chi connectivity index (χ3v) is 2.71. The highest BCUT2D eigenvalue weighted by Crippen LogP contribution is 2.20. The molecule has 1 aromatic heterocycles. The summed E-state index contributed by atoms with van der Waals surface area (Å²) in [5, 5.41) is 13.1. The van der Waals surface area contributed by atoms with E-state index in [1.807, 2.05) is 0 Å². The molecule has 3 N–H and O–H groups in total. The Morgan fingerprint density at radius 1 is 1.39 bits per heavy atom. The maximum atomic E-state index is 12.3. The van der Waals surface area contributed by atoms with Gasteiger partial charge in [0.25, 0.3) is 5.91 Å². The van der Waals surface area contributed by atoms with Crippen LogP contribution in [-0.2, 0) is 7.05 Å². The first kappa shape index (κ1) is 12.0. The average molecular weight is 246 g/mol. The van der Waals surface area contributed by atoms with Crippen molar-refractivity contribution in [2.75, 3.05) is 17.7 Å². The quantitative estimate of drug-likeness (QED) is 0.827. The molecule has 18 heavy (non-hydrogen) atoms. The summed E-state index contributed by atoms with van der Waals surface area (Å²) in [5.74, 6) is -0.0992. The summed E-state index contributed by atoms with van der Waals surface area (Å²) in [5.41, 5.74) is 7.06. The van der Waals surface area contributed by atoms with E-state index in [4.69, 9.17) is 5.73 Å². The van der Waals surface area contributed by atoms with E-state index in [1.165, 1.54) is 27.9 Å². The number of amides is 1. The molecular formula is C12H14N4O2. The number of anilines is 2. The number of aryl methyl sites for hydroxylation is 1. The van der Waals surface area contributed by atoms with E-state index in [1.54, 1.807) is 26.2 Å². The van der Waals surface area contributed by atoms with Crippen molar-refractivity contribution in [2.45, 2.75) is 0 Å². The molecule has 6 heteroatoms. The van der Waals surface area contributed by atoms with Gasteiger partial charge in [0.1, 0.15) is 11.4 Å². The van der Waals surface area contributed by atoms with E-state index in [0.29, 0.717) is 17.1 Å². The van der Waals surface area contributed by atoms with E-state index < -0.39 is 0 Å². The van der Waals surface area contributed by atoms with Crippen molar-refractivity contribution in [3.05, 3.63) is 36.2 Å². The summed E-state index contributed by atoms with van der Waals surface area (Å²) < 4.78 is 1.44. The topological polar surface area (TPSA) is 84.4 Å². The molecule has 0 aliphatic rings. The Morgan fingerprint density at radius 2 is 2.00 bits per heavy atom. The number of aromatic hydroxyl groups is 1. The maximum absolute atomic E-state index is 12.3. The second-order valence-corrected chi connectivity index (χ2v) is 3.95. The summed E-state index contributed by atoms with van der Waals surface area (Å²) in [6.45, 7) is 0. The highest BCUT2D eigenvalue weighted by molar-refractivity contribution is 6.07. The van der Waals surface area contributed by atoms with Gasteiger partial charge in [0.15, 0.2) is 0 Å². The van der Waals surface area contributed by atoms with Crippen LogP contribution in [0.25, 0.3) is 0 Å². The van der Waals surface area contributed by atoms with Crippen LogP contribution in [0.1, 0.15) is 10.5 Å². The van der Waals surface area contributed by atoms with Crippen LogP contribution in [0.15, 0.2) is 30.5 Å². The fourth-order valence-electron chi connectivity index (χ4n) is 1.67. The van der Waals surface area contributed by atoms with Gasteiger partial charge in [-0.25, -0.2) is 0 Å². The lowest BCUT2D eigenvalue weighted by atomic mass is 10.2. The van der Waals surface area contributed by atoms with Crippen molar-refractivity contribution in [1.29, 1.82) is 0 Å². The minimum absolute atomic E-state index is 0.152. The van der Waals surface area contributed by atoms with E-state index in [2.05, 4.69) is 5.10 Å². The number of benzene rings is 1. The molecule has 0 spiro atoms. The molecule has 0 fully saturated rings. The normalized spacial score (nSPS) is 10.3. The fraction of sp³-hybridized carbons (Fsp3) is 0.167. The van der Waals surface area contributed by atoms with Crippen LogP contribution in [-0.4, -0.2) is 27.8 Å².